The maximum Gasteiger partial charge on any atom is 0.310 e. The van der Waals surface area contributed by atoms with E-state index in [2.05, 4.69) is 31.9 Å². The van der Waals surface area contributed by atoms with Crippen LogP contribution in [0, 0.1) is 5.92 Å². The molecule has 1 N–H and O–H groups in total. The topological polar surface area (TPSA) is 54.4 Å². The smallest absolute Gasteiger partial charge is 0.310 e. The molecule has 14 heavy (non-hydrogen) atoms. The van der Waals surface area contributed by atoms with Crippen molar-refractivity contribution in [2.75, 3.05) is 0 Å². The van der Waals surface area contributed by atoms with E-state index in [9.17, 15) is 9.59 Å². The fourth-order valence-electron chi connectivity index (χ4n) is 1.14. The van der Waals surface area contributed by atoms with Gasteiger partial charge in [-0.2, -0.15) is 0 Å². The molecule has 0 amide bonds. The summed E-state index contributed by atoms with van der Waals surface area (Å²) in [5, 5.41) is 8.83. The van der Waals surface area contributed by atoms with Crippen molar-refractivity contribution in [1.82, 2.24) is 0 Å². The predicted molar refractivity (Wildman–Crippen MR) is 59.6 cm³/mol. The number of aliphatic carboxylic acids is 1. The van der Waals surface area contributed by atoms with E-state index in [1.807, 2.05) is 0 Å². The van der Waals surface area contributed by atoms with Crippen LogP contribution in [0.15, 0.2) is 23.8 Å². The number of alkyl halides is 2. The van der Waals surface area contributed by atoms with Crippen molar-refractivity contribution in [1.29, 1.82) is 0 Å². The molecule has 0 spiro atoms. The molecule has 1 aliphatic rings. The van der Waals surface area contributed by atoms with Crippen LogP contribution in [0.1, 0.15) is 6.92 Å². The van der Waals surface area contributed by atoms with E-state index in [4.69, 9.17) is 5.11 Å². The molecule has 0 aliphatic heterocycles. The SMILES string of the molecule is CC(C(=O)O)C1=CC=CC(=O)C1(Br)Br. The zero-order valence-corrected chi connectivity index (χ0v) is 10.5. The van der Waals surface area contributed by atoms with Crippen LogP contribution in [-0.4, -0.2) is 20.1 Å². The lowest BCUT2D eigenvalue weighted by molar-refractivity contribution is -0.139. The summed E-state index contributed by atoms with van der Waals surface area (Å²) in [6.07, 6.45) is 4.57. The van der Waals surface area contributed by atoms with Crippen LogP contribution in [0.2, 0.25) is 0 Å². The van der Waals surface area contributed by atoms with Gasteiger partial charge in [0.15, 0.2) is 9.02 Å². The molecule has 5 heteroatoms. The maximum atomic E-state index is 11.4. The Balaban J connectivity index is 3.09. The van der Waals surface area contributed by atoms with Gasteiger partial charge in [0.25, 0.3) is 0 Å². The summed E-state index contributed by atoms with van der Waals surface area (Å²) in [5.74, 6) is -1.87. The molecule has 0 heterocycles. The highest BCUT2D eigenvalue weighted by molar-refractivity contribution is 9.26. The lowest BCUT2D eigenvalue weighted by Gasteiger charge is -2.26. The van der Waals surface area contributed by atoms with Crippen molar-refractivity contribution >= 4 is 43.6 Å². The van der Waals surface area contributed by atoms with E-state index in [0.717, 1.165) is 0 Å². The third kappa shape index (κ3) is 1.98. The van der Waals surface area contributed by atoms with E-state index in [1.165, 1.54) is 13.0 Å². The summed E-state index contributed by atoms with van der Waals surface area (Å²) in [6, 6.07) is 0. The van der Waals surface area contributed by atoms with Crippen molar-refractivity contribution in [3.63, 3.8) is 0 Å². The monoisotopic (exact) mass is 322 g/mol. The largest absolute Gasteiger partial charge is 0.481 e. The summed E-state index contributed by atoms with van der Waals surface area (Å²) in [6.45, 7) is 1.54. The van der Waals surface area contributed by atoms with Gasteiger partial charge in [0.05, 0.1) is 5.92 Å². The standard InChI is InChI=1S/C9H8Br2O3/c1-5(8(13)14)6-3-2-4-7(12)9(6,10)11/h2-5H,1H3,(H,13,14). The van der Waals surface area contributed by atoms with Crippen LogP contribution in [0.5, 0.6) is 0 Å². The van der Waals surface area contributed by atoms with Crippen LogP contribution >= 0.6 is 31.9 Å². The number of carbonyl (C=O) groups excluding carboxylic acids is 1. The van der Waals surface area contributed by atoms with Gasteiger partial charge < -0.3 is 5.11 Å². The molecule has 0 saturated heterocycles. The van der Waals surface area contributed by atoms with E-state index < -0.39 is 15.1 Å². The maximum absolute atomic E-state index is 11.4. The number of rotatable bonds is 2. The highest BCUT2D eigenvalue weighted by Gasteiger charge is 2.40. The summed E-state index contributed by atoms with van der Waals surface area (Å²) in [4.78, 5) is 22.2. The van der Waals surface area contributed by atoms with Gasteiger partial charge in [-0.25, -0.2) is 0 Å². The van der Waals surface area contributed by atoms with Gasteiger partial charge in [0.2, 0.25) is 0 Å². The molecule has 0 aromatic carbocycles. The Morgan fingerprint density at radius 1 is 1.57 bits per heavy atom. The van der Waals surface area contributed by atoms with E-state index in [1.54, 1.807) is 12.2 Å². The first-order valence-corrected chi connectivity index (χ1v) is 5.49. The molecule has 0 saturated carbocycles. The van der Waals surface area contributed by atoms with Crippen molar-refractivity contribution in [2.24, 2.45) is 5.92 Å². The van der Waals surface area contributed by atoms with E-state index in [-0.39, 0.29) is 5.78 Å². The van der Waals surface area contributed by atoms with E-state index in [0.29, 0.717) is 5.57 Å². The average Bonchev–Trinajstić information content (AvgIpc) is 2.08. The van der Waals surface area contributed by atoms with Crippen molar-refractivity contribution in [2.45, 2.75) is 10.2 Å². The lowest BCUT2D eigenvalue weighted by Crippen LogP contribution is -2.33. The third-order valence-corrected chi connectivity index (χ3v) is 3.73. The Hall–Kier alpha value is -0.420. The van der Waals surface area contributed by atoms with Gasteiger partial charge in [-0.1, -0.05) is 44.0 Å². The number of hydrogen-bond acceptors (Lipinski definition) is 2. The number of halogens is 2. The predicted octanol–water partition coefficient (Wildman–Crippen LogP) is 2.26. The van der Waals surface area contributed by atoms with Crippen molar-refractivity contribution in [3.8, 4) is 0 Å². The van der Waals surface area contributed by atoms with Gasteiger partial charge in [0.1, 0.15) is 0 Å². The van der Waals surface area contributed by atoms with Crippen LogP contribution < -0.4 is 0 Å². The quantitative estimate of drug-likeness (QED) is 0.793. The molecule has 1 atom stereocenters. The van der Waals surface area contributed by atoms with Crippen LogP contribution in [0.4, 0.5) is 0 Å². The zero-order valence-electron chi connectivity index (χ0n) is 7.33. The fraction of sp³-hybridized carbons (Fsp3) is 0.333. The number of carboxylic acid groups (broad SMARTS) is 1. The lowest BCUT2D eigenvalue weighted by atomic mass is 9.92. The molecular weight excluding hydrogens is 316 g/mol. The highest BCUT2D eigenvalue weighted by Crippen LogP contribution is 2.41. The molecule has 0 radical (unpaired) electrons. The van der Waals surface area contributed by atoms with Crippen molar-refractivity contribution < 1.29 is 14.7 Å². The molecule has 0 aromatic rings. The van der Waals surface area contributed by atoms with Crippen molar-refractivity contribution in [3.05, 3.63) is 23.8 Å². The van der Waals surface area contributed by atoms with Gasteiger partial charge in [-0.15, -0.1) is 0 Å². The molecule has 0 aromatic heterocycles. The minimum Gasteiger partial charge on any atom is -0.481 e. The molecule has 76 valence electrons. The van der Waals surface area contributed by atoms with E-state index >= 15 is 0 Å². The average molecular weight is 324 g/mol. The Labute approximate surface area is 98.1 Å². The molecular formula is C9H8Br2O3. The molecule has 1 aliphatic carbocycles. The second-order valence-electron chi connectivity index (χ2n) is 2.98. The number of hydrogen-bond donors (Lipinski definition) is 1. The Morgan fingerprint density at radius 2 is 2.14 bits per heavy atom. The van der Waals surface area contributed by atoms with Crippen LogP contribution in [0.3, 0.4) is 0 Å². The van der Waals surface area contributed by atoms with Crippen LogP contribution in [0.25, 0.3) is 0 Å². The van der Waals surface area contributed by atoms with Gasteiger partial charge in [-0.05, 0) is 18.6 Å². The molecule has 1 unspecified atom stereocenters. The first kappa shape index (κ1) is 11.7. The Bertz CT molecular complexity index is 342. The van der Waals surface area contributed by atoms with Crippen LogP contribution in [-0.2, 0) is 9.59 Å². The summed E-state index contributed by atoms with van der Waals surface area (Å²) in [7, 11) is 0. The molecule has 0 fully saturated rings. The molecule has 3 nitrogen and oxygen atoms in total. The normalized spacial score (nSPS) is 21.6. The van der Waals surface area contributed by atoms with Gasteiger partial charge in [-0.3, -0.25) is 9.59 Å². The fourth-order valence-corrected chi connectivity index (χ4v) is 2.36. The Kier molecular flexibility index (Phi) is 3.32. The minimum atomic E-state index is -1.06. The minimum absolute atomic E-state index is 0.205. The number of carboxylic acids is 1. The second-order valence-corrected chi connectivity index (χ2v) is 6.42. The summed E-state index contributed by atoms with van der Waals surface area (Å²) >= 11 is 6.35. The highest BCUT2D eigenvalue weighted by atomic mass is 79.9. The van der Waals surface area contributed by atoms with Gasteiger partial charge >= 0.3 is 5.97 Å². The number of carbonyl (C=O) groups is 2. The summed E-state index contributed by atoms with van der Waals surface area (Å²) < 4.78 is -1.06. The first-order valence-electron chi connectivity index (χ1n) is 3.91. The third-order valence-electron chi connectivity index (χ3n) is 2.03. The number of ketones is 1. The summed E-state index contributed by atoms with van der Waals surface area (Å²) in [5.41, 5.74) is 0.498. The molecule has 0 bridgehead atoms. The molecule has 1 rings (SSSR count). The first-order chi connectivity index (χ1) is 6.37. The zero-order chi connectivity index (χ0) is 10.9. The van der Waals surface area contributed by atoms with Gasteiger partial charge in [0, 0.05) is 0 Å². The Morgan fingerprint density at radius 3 is 2.64 bits per heavy atom. The second kappa shape index (κ2) is 3.98. The number of allylic oxidation sites excluding steroid dienone is 3.